The van der Waals surface area contributed by atoms with Crippen LogP contribution >= 0.6 is 0 Å². The molecule has 0 atom stereocenters. The molecular weight excluding hydrogens is 132 g/mol. The van der Waals surface area contributed by atoms with Gasteiger partial charge in [0.1, 0.15) is 0 Å². The maximum absolute atomic E-state index is 3.84. The summed E-state index contributed by atoms with van der Waals surface area (Å²) < 4.78 is 0. The lowest BCUT2D eigenvalue weighted by Crippen LogP contribution is -2.04. The SMILES string of the molecule is C=C(C#CC(C)(C)CC)CC. The van der Waals surface area contributed by atoms with Crippen molar-refractivity contribution in [3.8, 4) is 11.8 Å². The summed E-state index contributed by atoms with van der Waals surface area (Å²) in [7, 11) is 0. The maximum Gasteiger partial charge on any atom is 0.0259 e. The van der Waals surface area contributed by atoms with Crippen molar-refractivity contribution in [1.82, 2.24) is 0 Å². The molecule has 11 heavy (non-hydrogen) atoms. The highest BCUT2D eigenvalue weighted by atomic mass is 14.1. The molecule has 0 heterocycles. The molecule has 0 aliphatic rings. The topological polar surface area (TPSA) is 0 Å². The van der Waals surface area contributed by atoms with E-state index in [1.54, 1.807) is 0 Å². The first-order valence-electron chi connectivity index (χ1n) is 4.22. The molecule has 0 amide bonds. The predicted molar refractivity (Wildman–Crippen MR) is 51.3 cm³/mol. The van der Waals surface area contributed by atoms with Crippen molar-refractivity contribution in [2.24, 2.45) is 5.41 Å². The minimum absolute atomic E-state index is 0.151. The third-order valence-electron chi connectivity index (χ3n) is 1.89. The molecule has 0 aliphatic carbocycles. The van der Waals surface area contributed by atoms with Gasteiger partial charge in [-0.05, 0) is 32.3 Å². The van der Waals surface area contributed by atoms with Gasteiger partial charge in [-0.15, -0.1) is 0 Å². The summed E-state index contributed by atoms with van der Waals surface area (Å²) >= 11 is 0. The van der Waals surface area contributed by atoms with Crippen LogP contribution in [0, 0.1) is 17.3 Å². The fraction of sp³-hybridized carbons (Fsp3) is 0.636. The third-order valence-corrected chi connectivity index (χ3v) is 1.89. The number of hydrogen-bond acceptors (Lipinski definition) is 0. The molecule has 0 saturated carbocycles. The molecule has 62 valence electrons. The molecule has 0 aromatic carbocycles. The Balaban J connectivity index is 4.16. The Kier molecular flexibility index (Phi) is 3.97. The fourth-order valence-electron chi connectivity index (χ4n) is 0.434. The van der Waals surface area contributed by atoms with E-state index in [0.29, 0.717) is 0 Å². The zero-order chi connectivity index (χ0) is 8.91. The van der Waals surface area contributed by atoms with E-state index in [-0.39, 0.29) is 5.41 Å². The van der Waals surface area contributed by atoms with Crippen LogP contribution in [0.15, 0.2) is 12.2 Å². The van der Waals surface area contributed by atoms with Crippen LogP contribution in [0.3, 0.4) is 0 Å². The van der Waals surface area contributed by atoms with Crippen LogP contribution in [0.5, 0.6) is 0 Å². The van der Waals surface area contributed by atoms with Gasteiger partial charge in [-0.1, -0.05) is 32.3 Å². The van der Waals surface area contributed by atoms with Crippen LogP contribution in [-0.2, 0) is 0 Å². The van der Waals surface area contributed by atoms with E-state index in [2.05, 4.69) is 46.1 Å². The zero-order valence-electron chi connectivity index (χ0n) is 8.12. The third kappa shape index (κ3) is 4.67. The Morgan fingerprint density at radius 1 is 1.36 bits per heavy atom. The Hall–Kier alpha value is -0.700. The lowest BCUT2D eigenvalue weighted by atomic mass is 9.91. The van der Waals surface area contributed by atoms with Crippen LogP contribution in [0.25, 0.3) is 0 Å². The monoisotopic (exact) mass is 150 g/mol. The van der Waals surface area contributed by atoms with Gasteiger partial charge >= 0.3 is 0 Å². The van der Waals surface area contributed by atoms with Crippen molar-refractivity contribution in [2.75, 3.05) is 0 Å². The highest BCUT2D eigenvalue weighted by molar-refractivity contribution is 5.27. The van der Waals surface area contributed by atoms with Gasteiger partial charge < -0.3 is 0 Å². The molecule has 0 N–H and O–H groups in total. The van der Waals surface area contributed by atoms with E-state index in [9.17, 15) is 0 Å². The molecule has 0 aromatic heterocycles. The van der Waals surface area contributed by atoms with Crippen molar-refractivity contribution < 1.29 is 0 Å². The first kappa shape index (κ1) is 10.3. The summed E-state index contributed by atoms with van der Waals surface area (Å²) in [6.07, 6.45) is 2.06. The molecule has 0 saturated heterocycles. The summed E-state index contributed by atoms with van der Waals surface area (Å²) in [6.45, 7) is 12.4. The second kappa shape index (κ2) is 4.23. The standard InChI is InChI=1S/C11H18/c1-6-10(3)8-9-11(4,5)7-2/h3,6-7H2,1-2,4-5H3. The molecule has 0 bridgehead atoms. The lowest BCUT2D eigenvalue weighted by molar-refractivity contribution is 0.484. The Labute approximate surface area is 70.7 Å². The highest BCUT2D eigenvalue weighted by Crippen LogP contribution is 2.17. The minimum atomic E-state index is 0.151. The molecule has 0 heteroatoms. The largest absolute Gasteiger partial charge is 0.0920 e. The molecule has 0 unspecified atom stereocenters. The van der Waals surface area contributed by atoms with E-state index in [1.807, 2.05) is 0 Å². The van der Waals surface area contributed by atoms with E-state index in [1.165, 1.54) is 0 Å². The second-order valence-corrected chi connectivity index (χ2v) is 3.44. The van der Waals surface area contributed by atoms with Gasteiger partial charge in [-0.2, -0.15) is 0 Å². The summed E-state index contributed by atoms with van der Waals surface area (Å²) in [5, 5.41) is 0. The van der Waals surface area contributed by atoms with E-state index in [4.69, 9.17) is 0 Å². The molecule has 0 rings (SSSR count). The van der Waals surface area contributed by atoms with E-state index >= 15 is 0 Å². The Morgan fingerprint density at radius 3 is 2.27 bits per heavy atom. The van der Waals surface area contributed by atoms with Crippen LogP contribution < -0.4 is 0 Å². The molecular formula is C11H18. The Morgan fingerprint density at radius 2 is 1.91 bits per heavy atom. The van der Waals surface area contributed by atoms with Gasteiger partial charge in [0, 0.05) is 5.41 Å². The van der Waals surface area contributed by atoms with Gasteiger partial charge in [0.2, 0.25) is 0 Å². The van der Waals surface area contributed by atoms with Crippen LogP contribution in [0.1, 0.15) is 40.5 Å². The summed E-state index contributed by atoms with van der Waals surface area (Å²) in [4.78, 5) is 0. The zero-order valence-corrected chi connectivity index (χ0v) is 8.12. The van der Waals surface area contributed by atoms with Gasteiger partial charge in [-0.25, -0.2) is 0 Å². The van der Waals surface area contributed by atoms with Crippen molar-refractivity contribution >= 4 is 0 Å². The van der Waals surface area contributed by atoms with Crippen molar-refractivity contribution in [2.45, 2.75) is 40.5 Å². The summed E-state index contributed by atoms with van der Waals surface area (Å²) in [5.41, 5.74) is 1.18. The quantitative estimate of drug-likeness (QED) is 0.529. The first-order chi connectivity index (χ1) is 5.02. The number of rotatable bonds is 2. The Bertz CT molecular complexity index is 186. The summed E-state index contributed by atoms with van der Waals surface area (Å²) in [5.74, 6) is 6.29. The van der Waals surface area contributed by atoms with Gasteiger partial charge in [0.15, 0.2) is 0 Å². The molecule has 0 aliphatic heterocycles. The van der Waals surface area contributed by atoms with Crippen LogP contribution in [-0.4, -0.2) is 0 Å². The molecule has 0 nitrogen and oxygen atoms in total. The van der Waals surface area contributed by atoms with Crippen molar-refractivity contribution in [1.29, 1.82) is 0 Å². The van der Waals surface area contributed by atoms with Gasteiger partial charge in [0.05, 0.1) is 0 Å². The molecule has 0 spiro atoms. The number of allylic oxidation sites excluding steroid dienone is 1. The minimum Gasteiger partial charge on any atom is -0.0920 e. The van der Waals surface area contributed by atoms with Gasteiger partial charge in [0.25, 0.3) is 0 Å². The van der Waals surface area contributed by atoms with Crippen LogP contribution in [0.4, 0.5) is 0 Å². The summed E-state index contributed by atoms with van der Waals surface area (Å²) in [6, 6.07) is 0. The van der Waals surface area contributed by atoms with E-state index in [0.717, 1.165) is 18.4 Å². The molecule has 0 fully saturated rings. The normalized spacial score (nSPS) is 10.2. The molecule has 0 aromatic rings. The number of hydrogen-bond donors (Lipinski definition) is 0. The van der Waals surface area contributed by atoms with Gasteiger partial charge in [-0.3, -0.25) is 0 Å². The smallest absolute Gasteiger partial charge is 0.0259 e. The van der Waals surface area contributed by atoms with Crippen molar-refractivity contribution in [3.63, 3.8) is 0 Å². The average molecular weight is 150 g/mol. The highest BCUT2D eigenvalue weighted by Gasteiger charge is 2.09. The average Bonchev–Trinajstić information content (AvgIpc) is 2.00. The first-order valence-corrected chi connectivity index (χ1v) is 4.22. The molecule has 0 radical (unpaired) electrons. The van der Waals surface area contributed by atoms with Crippen molar-refractivity contribution in [3.05, 3.63) is 12.2 Å². The maximum atomic E-state index is 3.84. The fourth-order valence-corrected chi connectivity index (χ4v) is 0.434. The lowest BCUT2D eigenvalue weighted by Gasteiger charge is -2.12. The van der Waals surface area contributed by atoms with Crippen LogP contribution in [0.2, 0.25) is 0 Å². The second-order valence-electron chi connectivity index (χ2n) is 3.44. The predicted octanol–water partition coefficient (Wildman–Crippen LogP) is 3.39. The van der Waals surface area contributed by atoms with E-state index < -0.39 is 0 Å².